The maximum Gasteiger partial charge on any atom is 0.408 e. The highest BCUT2D eigenvalue weighted by Gasteiger charge is 2.38. The van der Waals surface area contributed by atoms with Gasteiger partial charge in [0.15, 0.2) is 6.10 Å². The van der Waals surface area contributed by atoms with Crippen LogP contribution in [-0.2, 0) is 14.5 Å². The number of nitrogens with one attached hydrogen (secondary N) is 3. The highest BCUT2D eigenvalue weighted by molar-refractivity contribution is 8.00. The Balaban J connectivity index is 1.91. The van der Waals surface area contributed by atoms with Crippen LogP contribution in [0.2, 0.25) is 5.02 Å². The molecule has 0 saturated heterocycles. The summed E-state index contributed by atoms with van der Waals surface area (Å²) in [5.74, 6) is 3.20. The van der Waals surface area contributed by atoms with Gasteiger partial charge in [0.25, 0.3) is 5.91 Å². The number of alkyl halides is 3. The molecule has 3 aromatic rings. The molecule has 0 aliphatic carbocycles. The molecule has 3 rings (SSSR count). The summed E-state index contributed by atoms with van der Waals surface area (Å²) in [6, 6.07) is 6.06. The van der Waals surface area contributed by atoms with Crippen molar-refractivity contribution < 1.29 is 26.9 Å². The van der Waals surface area contributed by atoms with Crippen LogP contribution < -0.4 is 20.1 Å². The Labute approximate surface area is 211 Å². The lowest BCUT2D eigenvalue weighted by Crippen LogP contribution is -2.47. The van der Waals surface area contributed by atoms with Crippen LogP contribution in [0, 0.1) is 6.92 Å². The summed E-state index contributed by atoms with van der Waals surface area (Å²) in [4.78, 5) is 20.9. The van der Waals surface area contributed by atoms with Crippen LogP contribution in [0.1, 0.15) is 19.4 Å². The second-order valence-electron chi connectivity index (χ2n) is 8.31. The number of hydrogen-bond donors (Lipinski definition) is 3. The zero-order chi connectivity index (χ0) is 26.8. The fraction of sp³-hybridized carbons (Fsp3) is 0.304. The van der Waals surface area contributed by atoms with E-state index in [1.807, 2.05) is 12.2 Å². The summed E-state index contributed by atoms with van der Waals surface area (Å²) >= 11 is 6.10. The Morgan fingerprint density at radius 2 is 1.89 bits per heavy atom. The molecule has 0 fully saturated rings. The molecular weight excluding hydrogens is 519 g/mol. The lowest BCUT2D eigenvalue weighted by atomic mass is 10.1. The Bertz CT molecular complexity index is 1400. The maximum atomic E-state index is 12.8. The van der Waals surface area contributed by atoms with Crippen molar-refractivity contribution in [3.8, 4) is 5.75 Å². The van der Waals surface area contributed by atoms with Gasteiger partial charge in [0.2, 0.25) is 0 Å². The lowest BCUT2D eigenvalue weighted by molar-refractivity contribution is -0.160. The van der Waals surface area contributed by atoms with Crippen LogP contribution in [0.5, 0.6) is 5.75 Å². The van der Waals surface area contributed by atoms with Gasteiger partial charge in [-0.25, -0.2) is 14.2 Å². The molecule has 8 nitrogen and oxygen atoms in total. The first kappa shape index (κ1) is 27.3. The molecule has 3 N–H and O–H groups in total. The first-order valence-electron chi connectivity index (χ1n) is 10.6. The number of aromatic nitrogens is 2. The first-order valence-corrected chi connectivity index (χ1v) is 13.1. The summed E-state index contributed by atoms with van der Waals surface area (Å²) in [5.41, 5.74) is 2.28. The molecule has 13 heteroatoms. The first-order chi connectivity index (χ1) is 16.6. The molecule has 1 unspecified atom stereocenters. The average Bonchev–Trinajstić information content (AvgIpc) is 2.73. The van der Waals surface area contributed by atoms with Gasteiger partial charge in [-0.15, -0.1) is 0 Å². The molecule has 194 valence electrons. The van der Waals surface area contributed by atoms with Crippen LogP contribution in [0.4, 0.5) is 30.4 Å². The van der Waals surface area contributed by atoms with Crippen molar-refractivity contribution in [1.29, 1.82) is 0 Å². The molecule has 0 bridgehead atoms. The van der Waals surface area contributed by atoms with E-state index in [1.165, 1.54) is 25.6 Å². The van der Waals surface area contributed by atoms with E-state index >= 15 is 0 Å². The van der Waals surface area contributed by atoms with E-state index in [2.05, 4.69) is 25.9 Å². The van der Waals surface area contributed by atoms with Gasteiger partial charge >= 0.3 is 6.18 Å². The summed E-state index contributed by atoms with van der Waals surface area (Å²) in [5, 5.41) is 5.97. The van der Waals surface area contributed by atoms with Crippen LogP contribution in [0.25, 0.3) is 10.9 Å². The smallest absolute Gasteiger partial charge is 0.408 e. The number of nitrogens with zero attached hydrogens (tertiary/aromatic N) is 2. The van der Waals surface area contributed by atoms with Crippen LogP contribution >= 0.6 is 11.6 Å². The normalized spacial score (nSPS) is 15.0. The van der Waals surface area contributed by atoms with Crippen LogP contribution in [-0.4, -0.2) is 50.5 Å². The van der Waals surface area contributed by atoms with Crippen LogP contribution in [0.15, 0.2) is 36.7 Å². The second kappa shape index (κ2) is 10.4. The number of carbonyl (C=O) groups excluding carboxylic acids is 1. The van der Waals surface area contributed by atoms with Gasteiger partial charge < -0.3 is 20.1 Å². The monoisotopic (exact) mass is 543 g/mol. The maximum absolute atomic E-state index is 12.8. The molecule has 1 amide bonds. The number of benzene rings is 2. The predicted octanol–water partition coefficient (Wildman–Crippen LogP) is 4.84. The van der Waals surface area contributed by atoms with Gasteiger partial charge in [-0.05, 0) is 56.5 Å². The number of hydrogen-bond acceptors (Lipinski definition) is 6. The highest BCUT2D eigenvalue weighted by Crippen LogP contribution is 2.34. The molecule has 0 radical (unpaired) electrons. The van der Waals surface area contributed by atoms with E-state index in [0.29, 0.717) is 33.1 Å². The number of rotatable bonds is 8. The average molecular weight is 544 g/mol. The molecule has 36 heavy (non-hydrogen) atoms. The van der Waals surface area contributed by atoms with Gasteiger partial charge in [-0.1, -0.05) is 11.6 Å². The fourth-order valence-corrected chi connectivity index (χ4v) is 4.05. The van der Waals surface area contributed by atoms with Crippen molar-refractivity contribution in [2.75, 3.05) is 16.3 Å². The number of fused-ring (bicyclic) bond motifs is 1. The minimum atomic E-state index is -4.58. The largest absolute Gasteiger partial charge is 0.479 e. The van der Waals surface area contributed by atoms with Gasteiger partial charge in [-0.2, -0.15) is 13.2 Å². The Kier molecular flexibility index (Phi) is 7.89. The standard InChI is InChI=1S/C23H25ClF3N5O3S/c1-12-8-16(32-36(4,5)34)10-18-20(12)21(29-11-28-18)31-17-7-6-15(24)9-19(17)35-13(2)22(33)30-14(3)23(25,26)27/h6-11,13-14H,4H2,1-3,5H3,(H,30,33)(H,32,34)(H,28,29,31)/t13-,14+,36?/m1/s1. The van der Waals surface area contributed by atoms with Gasteiger partial charge in [0.05, 0.1) is 11.2 Å². The summed E-state index contributed by atoms with van der Waals surface area (Å²) < 4.78 is 59.0. The van der Waals surface area contributed by atoms with Crippen LogP contribution in [0.3, 0.4) is 0 Å². The van der Waals surface area contributed by atoms with Crippen molar-refractivity contribution in [2.24, 2.45) is 0 Å². The third-order valence-corrected chi connectivity index (χ3v) is 5.89. The summed E-state index contributed by atoms with van der Waals surface area (Å²) in [6.07, 6.45) is -3.02. The topological polar surface area (TPSA) is 105 Å². The fourth-order valence-electron chi connectivity index (χ4n) is 3.28. The SMILES string of the molecule is C=S(C)(=O)Nc1cc(C)c2c(Nc3ccc(Cl)cc3O[C@H](C)C(=O)N[C@@H](C)C(F)(F)F)ncnc2c1. The van der Waals surface area contributed by atoms with E-state index in [9.17, 15) is 22.2 Å². The molecule has 3 atom stereocenters. The Morgan fingerprint density at radius 3 is 2.53 bits per heavy atom. The molecule has 0 spiro atoms. The molecule has 1 heterocycles. The van der Waals surface area contributed by atoms with Crippen molar-refractivity contribution in [2.45, 2.75) is 39.1 Å². The van der Waals surface area contributed by atoms with Crippen molar-refractivity contribution >= 4 is 61.2 Å². The van der Waals surface area contributed by atoms with Gasteiger partial charge in [-0.3, -0.25) is 4.79 Å². The zero-order valence-electron chi connectivity index (χ0n) is 19.9. The number of halogens is 4. The number of aryl methyl sites for hydroxylation is 1. The molecule has 2 aromatic carbocycles. The Morgan fingerprint density at radius 1 is 1.19 bits per heavy atom. The zero-order valence-corrected chi connectivity index (χ0v) is 21.4. The van der Waals surface area contributed by atoms with Crippen molar-refractivity contribution in [3.05, 3.63) is 47.2 Å². The van der Waals surface area contributed by atoms with E-state index in [1.54, 1.807) is 24.3 Å². The van der Waals surface area contributed by atoms with Gasteiger partial charge in [0.1, 0.15) is 23.9 Å². The summed E-state index contributed by atoms with van der Waals surface area (Å²) in [6.45, 7) is 4.00. The number of ether oxygens (including phenoxy) is 1. The minimum Gasteiger partial charge on any atom is -0.479 e. The molecular formula is C23H25ClF3N5O3S. The minimum absolute atomic E-state index is 0.135. The van der Waals surface area contributed by atoms with E-state index in [4.69, 9.17) is 16.3 Å². The third kappa shape index (κ3) is 6.91. The molecule has 0 saturated carbocycles. The quantitative estimate of drug-likeness (QED) is 0.351. The lowest BCUT2D eigenvalue weighted by Gasteiger charge is -2.22. The van der Waals surface area contributed by atoms with E-state index in [0.717, 1.165) is 12.5 Å². The molecule has 1 aromatic heterocycles. The number of carbonyl (C=O) groups is 1. The van der Waals surface area contributed by atoms with E-state index in [-0.39, 0.29) is 5.75 Å². The summed E-state index contributed by atoms with van der Waals surface area (Å²) in [7, 11) is -2.50. The molecule has 0 aliphatic rings. The van der Waals surface area contributed by atoms with Gasteiger partial charge in [0, 0.05) is 38.1 Å². The number of amides is 1. The third-order valence-electron chi connectivity index (χ3n) is 4.99. The second-order valence-corrected chi connectivity index (χ2v) is 11.0. The van der Waals surface area contributed by atoms with Crippen molar-refractivity contribution in [3.63, 3.8) is 0 Å². The predicted molar refractivity (Wildman–Crippen MR) is 138 cm³/mol. The van der Waals surface area contributed by atoms with Crippen molar-refractivity contribution in [1.82, 2.24) is 15.3 Å². The Hall–Kier alpha value is -3.25. The highest BCUT2D eigenvalue weighted by atomic mass is 35.5. The van der Waals surface area contributed by atoms with E-state index < -0.39 is 33.9 Å². The number of anilines is 3. The molecule has 0 aliphatic heterocycles.